The maximum Gasteiger partial charge on any atom is 0.261 e. The van der Waals surface area contributed by atoms with Crippen molar-refractivity contribution in [2.24, 2.45) is 0 Å². The second-order valence-corrected chi connectivity index (χ2v) is 8.11. The molecule has 8 nitrogen and oxygen atoms in total. The second kappa shape index (κ2) is 8.95. The van der Waals surface area contributed by atoms with Crippen LogP contribution < -0.4 is 10.6 Å². The van der Waals surface area contributed by atoms with Crippen molar-refractivity contribution < 1.29 is 9.59 Å². The van der Waals surface area contributed by atoms with Crippen molar-refractivity contribution in [1.29, 1.82) is 0 Å². The van der Waals surface area contributed by atoms with Crippen molar-refractivity contribution in [3.05, 3.63) is 64.6 Å². The predicted octanol–water partition coefficient (Wildman–Crippen LogP) is 2.58. The molecule has 0 aromatic carbocycles. The summed E-state index contributed by atoms with van der Waals surface area (Å²) in [6.07, 6.45) is 8.71. The summed E-state index contributed by atoms with van der Waals surface area (Å²) in [7, 11) is 0. The van der Waals surface area contributed by atoms with Gasteiger partial charge in [0.25, 0.3) is 11.8 Å². The molecular formula is C20H22N6O2S. The second-order valence-electron chi connectivity index (χ2n) is 7.02. The van der Waals surface area contributed by atoms with Gasteiger partial charge in [0.1, 0.15) is 12.7 Å². The predicted molar refractivity (Wildman–Crippen MR) is 109 cm³/mol. The van der Waals surface area contributed by atoms with Crippen LogP contribution in [0.5, 0.6) is 0 Å². The van der Waals surface area contributed by atoms with E-state index in [1.54, 1.807) is 31.0 Å². The SMILES string of the molecule is O=C(NCc1ccccn1)c1ccc(C(=O)NC2CCC(n3cncn3)CC2)s1. The van der Waals surface area contributed by atoms with E-state index in [0.29, 0.717) is 22.3 Å². The standard InChI is InChI=1S/C20H22N6O2S/c27-19(23-11-15-3-1-2-10-22-15)17-8-9-18(29-17)20(28)25-14-4-6-16(7-5-14)26-13-21-12-24-26/h1-3,8-10,12-14,16H,4-7,11H2,(H,23,27)(H,25,28). The molecule has 3 heterocycles. The van der Waals surface area contributed by atoms with Gasteiger partial charge in [-0.2, -0.15) is 5.10 Å². The van der Waals surface area contributed by atoms with E-state index in [4.69, 9.17) is 0 Å². The average molecular weight is 411 g/mol. The van der Waals surface area contributed by atoms with Gasteiger partial charge in [0.15, 0.2) is 0 Å². The Morgan fingerprint density at radius 2 is 1.86 bits per heavy atom. The van der Waals surface area contributed by atoms with Gasteiger partial charge >= 0.3 is 0 Å². The molecule has 3 aromatic rings. The number of hydrogen-bond acceptors (Lipinski definition) is 6. The maximum absolute atomic E-state index is 12.6. The molecule has 1 aliphatic carbocycles. The van der Waals surface area contributed by atoms with Crippen molar-refractivity contribution in [3.8, 4) is 0 Å². The fourth-order valence-electron chi connectivity index (χ4n) is 3.49. The number of nitrogens with one attached hydrogen (secondary N) is 2. The number of rotatable bonds is 6. The number of hydrogen-bond donors (Lipinski definition) is 2. The minimum Gasteiger partial charge on any atom is -0.349 e. The zero-order valence-corrected chi connectivity index (χ0v) is 16.6. The van der Waals surface area contributed by atoms with Gasteiger partial charge in [-0.25, -0.2) is 9.67 Å². The number of thiophene rings is 1. The molecule has 0 spiro atoms. The lowest BCUT2D eigenvalue weighted by molar-refractivity contribution is 0.0924. The Morgan fingerprint density at radius 3 is 2.55 bits per heavy atom. The van der Waals surface area contributed by atoms with E-state index in [1.807, 2.05) is 22.9 Å². The molecule has 0 radical (unpaired) electrons. The first kappa shape index (κ1) is 19.3. The molecule has 29 heavy (non-hydrogen) atoms. The highest BCUT2D eigenvalue weighted by atomic mass is 32.1. The highest BCUT2D eigenvalue weighted by Gasteiger charge is 2.25. The summed E-state index contributed by atoms with van der Waals surface area (Å²) in [5.41, 5.74) is 0.789. The Morgan fingerprint density at radius 1 is 1.07 bits per heavy atom. The van der Waals surface area contributed by atoms with Crippen LogP contribution in [0.2, 0.25) is 0 Å². The number of pyridine rings is 1. The Balaban J connectivity index is 1.27. The minimum atomic E-state index is -0.201. The van der Waals surface area contributed by atoms with Crippen LogP contribution in [0, 0.1) is 0 Å². The van der Waals surface area contributed by atoms with E-state index in [1.165, 1.54) is 11.3 Å². The molecule has 4 rings (SSSR count). The van der Waals surface area contributed by atoms with Gasteiger partial charge < -0.3 is 10.6 Å². The van der Waals surface area contributed by atoms with Gasteiger partial charge in [-0.1, -0.05) is 6.07 Å². The van der Waals surface area contributed by atoms with Crippen molar-refractivity contribution in [2.45, 2.75) is 44.3 Å². The van der Waals surface area contributed by atoms with E-state index in [-0.39, 0.29) is 17.9 Å². The fourth-order valence-corrected chi connectivity index (χ4v) is 4.32. The zero-order chi connectivity index (χ0) is 20.1. The Labute approximate surface area is 172 Å². The third-order valence-corrected chi connectivity index (χ3v) is 6.14. The average Bonchev–Trinajstić information content (AvgIpc) is 3.46. The van der Waals surface area contributed by atoms with Gasteiger partial charge in [0, 0.05) is 12.2 Å². The molecule has 0 unspecified atom stereocenters. The summed E-state index contributed by atoms with van der Waals surface area (Å²) in [6, 6.07) is 9.45. The quantitative estimate of drug-likeness (QED) is 0.650. The van der Waals surface area contributed by atoms with E-state index in [0.717, 1.165) is 31.4 Å². The summed E-state index contributed by atoms with van der Waals surface area (Å²) in [4.78, 5) is 34.1. The summed E-state index contributed by atoms with van der Waals surface area (Å²) < 4.78 is 1.90. The number of carbonyl (C=O) groups is 2. The van der Waals surface area contributed by atoms with Crippen LogP contribution in [0.4, 0.5) is 0 Å². The van der Waals surface area contributed by atoms with E-state index in [9.17, 15) is 9.59 Å². The Kier molecular flexibility index (Phi) is 5.95. The van der Waals surface area contributed by atoms with Crippen molar-refractivity contribution >= 4 is 23.2 Å². The number of carbonyl (C=O) groups excluding carboxylic acids is 2. The molecule has 1 fully saturated rings. The molecule has 0 saturated heterocycles. The summed E-state index contributed by atoms with van der Waals surface area (Å²) >= 11 is 1.20. The summed E-state index contributed by atoms with van der Waals surface area (Å²) in [6.45, 7) is 0.355. The minimum absolute atomic E-state index is 0.122. The topological polar surface area (TPSA) is 102 Å². The molecule has 0 bridgehead atoms. The smallest absolute Gasteiger partial charge is 0.261 e. The molecule has 3 aromatic heterocycles. The molecule has 9 heteroatoms. The van der Waals surface area contributed by atoms with E-state index >= 15 is 0 Å². The van der Waals surface area contributed by atoms with E-state index < -0.39 is 0 Å². The lowest BCUT2D eigenvalue weighted by atomic mass is 9.91. The van der Waals surface area contributed by atoms with Crippen LogP contribution in [-0.2, 0) is 6.54 Å². The first-order chi connectivity index (χ1) is 14.2. The van der Waals surface area contributed by atoms with E-state index in [2.05, 4.69) is 25.7 Å². The lowest BCUT2D eigenvalue weighted by Crippen LogP contribution is -2.37. The largest absolute Gasteiger partial charge is 0.349 e. The van der Waals surface area contributed by atoms with Crippen molar-refractivity contribution in [1.82, 2.24) is 30.4 Å². The third kappa shape index (κ3) is 4.86. The van der Waals surface area contributed by atoms with Gasteiger partial charge in [-0.05, 0) is 49.9 Å². The molecule has 2 N–H and O–H groups in total. The zero-order valence-electron chi connectivity index (χ0n) is 15.8. The van der Waals surface area contributed by atoms with Gasteiger partial charge in [0.2, 0.25) is 0 Å². The molecule has 1 aliphatic rings. The number of aromatic nitrogens is 4. The number of nitrogens with zero attached hydrogens (tertiary/aromatic N) is 4. The van der Waals surface area contributed by atoms with Crippen molar-refractivity contribution in [3.63, 3.8) is 0 Å². The Hall–Kier alpha value is -3.07. The highest BCUT2D eigenvalue weighted by Crippen LogP contribution is 2.28. The highest BCUT2D eigenvalue weighted by molar-refractivity contribution is 7.15. The molecule has 150 valence electrons. The van der Waals surface area contributed by atoms with Crippen LogP contribution in [0.25, 0.3) is 0 Å². The normalized spacial score (nSPS) is 18.9. The Bertz CT molecular complexity index is 949. The van der Waals surface area contributed by atoms with Crippen LogP contribution in [-0.4, -0.2) is 37.6 Å². The van der Waals surface area contributed by atoms with Crippen LogP contribution >= 0.6 is 11.3 Å². The van der Waals surface area contributed by atoms with Crippen LogP contribution in [0.1, 0.15) is 56.8 Å². The fraction of sp³-hybridized carbons (Fsp3) is 0.350. The molecule has 2 amide bonds. The first-order valence-corrected chi connectivity index (χ1v) is 10.4. The number of amides is 2. The summed E-state index contributed by atoms with van der Waals surface area (Å²) in [5.74, 6) is -0.323. The third-order valence-electron chi connectivity index (χ3n) is 5.05. The first-order valence-electron chi connectivity index (χ1n) is 9.62. The summed E-state index contributed by atoms with van der Waals surface area (Å²) in [5, 5.41) is 10.1. The molecule has 0 aliphatic heterocycles. The van der Waals surface area contributed by atoms with Crippen LogP contribution in [0.15, 0.2) is 49.2 Å². The van der Waals surface area contributed by atoms with Gasteiger partial charge in [-0.15, -0.1) is 11.3 Å². The van der Waals surface area contributed by atoms with Crippen molar-refractivity contribution in [2.75, 3.05) is 0 Å². The maximum atomic E-state index is 12.6. The van der Waals surface area contributed by atoms with Gasteiger partial charge in [0.05, 0.1) is 28.0 Å². The van der Waals surface area contributed by atoms with Crippen LogP contribution in [0.3, 0.4) is 0 Å². The molecular weight excluding hydrogens is 388 g/mol. The van der Waals surface area contributed by atoms with Gasteiger partial charge in [-0.3, -0.25) is 14.6 Å². The molecule has 0 atom stereocenters. The monoisotopic (exact) mass is 410 g/mol. The molecule has 1 saturated carbocycles. The lowest BCUT2D eigenvalue weighted by Gasteiger charge is -2.28.